The van der Waals surface area contributed by atoms with Crippen molar-refractivity contribution >= 4 is 0 Å². The molecule has 3 unspecified atom stereocenters. The summed E-state index contributed by atoms with van der Waals surface area (Å²) in [6.07, 6.45) is 9.52. The van der Waals surface area contributed by atoms with Crippen LogP contribution in [-0.4, -0.2) is 12.6 Å². The number of hydrogen-bond acceptors (Lipinski definition) is 1. The van der Waals surface area contributed by atoms with Gasteiger partial charge in [0.2, 0.25) is 0 Å². The molecule has 3 atom stereocenters. The first-order valence-electron chi connectivity index (χ1n) is 9.03. The zero-order valence-electron chi connectivity index (χ0n) is 14.2. The van der Waals surface area contributed by atoms with Crippen LogP contribution >= 0.6 is 0 Å². The van der Waals surface area contributed by atoms with Crippen molar-refractivity contribution in [2.24, 2.45) is 11.8 Å². The Labute approximate surface area is 131 Å². The first-order chi connectivity index (χ1) is 10.2. The summed E-state index contributed by atoms with van der Waals surface area (Å²) in [6, 6.07) is 9.74. The maximum absolute atomic E-state index is 3.87. The van der Waals surface area contributed by atoms with Crippen molar-refractivity contribution in [3.63, 3.8) is 0 Å². The van der Waals surface area contributed by atoms with E-state index in [9.17, 15) is 0 Å². The Balaban J connectivity index is 2.09. The molecule has 0 spiro atoms. The average molecular weight is 287 g/mol. The third kappa shape index (κ3) is 4.85. The first-order valence-corrected chi connectivity index (χ1v) is 9.03. The quantitative estimate of drug-likeness (QED) is 0.733. The molecule has 118 valence electrons. The maximum Gasteiger partial charge on any atom is 0.0138 e. The van der Waals surface area contributed by atoms with E-state index in [0.29, 0.717) is 6.04 Å². The van der Waals surface area contributed by atoms with Crippen molar-refractivity contribution in [3.8, 4) is 0 Å². The molecule has 1 aliphatic carbocycles. The van der Waals surface area contributed by atoms with Crippen LogP contribution in [0.3, 0.4) is 0 Å². The molecule has 1 aromatic rings. The molecule has 0 radical (unpaired) electrons. The maximum atomic E-state index is 3.87. The monoisotopic (exact) mass is 287 g/mol. The second-order valence-corrected chi connectivity index (χ2v) is 6.87. The highest BCUT2D eigenvalue weighted by molar-refractivity contribution is 5.23. The van der Waals surface area contributed by atoms with E-state index in [1.807, 2.05) is 0 Å². The molecule has 21 heavy (non-hydrogen) atoms. The van der Waals surface area contributed by atoms with Gasteiger partial charge in [0.25, 0.3) is 0 Å². The number of nitrogens with one attached hydrogen (secondary N) is 1. The number of rotatable bonds is 7. The van der Waals surface area contributed by atoms with Gasteiger partial charge in [-0.25, -0.2) is 0 Å². The van der Waals surface area contributed by atoms with E-state index < -0.39 is 0 Å². The fraction of sp³-hybridized carbons (Fsp3) is 0.700. The lowest BCUT2D eigenvalue weighted by molar-refractivity contribution is 0.174. The summed E-state index contributed by atoms with van der Waals surface area (Å²) >= 11 is 0. The molecular formula is C20H33N. The van der Waals surface area contributed by atoms with Crippen molar-refractivity contribution in [2.75, 3.05) is 6.54 Å². The Morgan fingerprint density at radius 1 is 1.19 bits per heavy atom. The van der Waals surface area contributed by atoms with Crippen LogP contribution in [0.4, 0.5) is 0 Å². The highest BCUT2D eigenvalue weighted by atomic mass is 14.9. The van der Waals surface area contributed by atoms with Gasteiger partial charge in [0.15, 0.2) is 0 Å². The van der Waals surface area contributed by atoms with Gasteiger partial charge in [-0.3, -0.25) is 0 Å². The highest BCUT2D eigenvalue weighted by Crippen LogP contribution is 2.35. The Bertz CT molecular complexity index is 412. The van der Waals surface area contributed by atoms with Crippen molar-refractivity contribution in [3.05, 3.63) is 35.4 Å². The summed E-state index contributed by atoms with van der Waals surface area (Å²) in [5.74, 6) is 1.80. The fourth-order valence-corrected chi connectivity index (χ4v) is 4.07. The molecule has 1 nitrogen and oxygen atoms in total. The number of hydrogen-bond donors (Lipinski definition) is 1. The minimum absolute atomic E-state index is 0.664. The lowest BCUT2D eigenvalue weighted by atomic mass is 9.72. The van der Waals surface area contributed by atoms with Gasteiger partial charge in [0, 0.05) is 6.04 Å². The first kappa shape index (κ1) is 16.5. The molecule has 0 aliphatic heterocycles. The molecule has 1 aliphatic rings. The van der Waals surface area contributed by atoms with Crippen LogP contribution in [0.5, 0.6) is 0 Å². The van der Waals surface area contributed by atoms with Crippen molar-refractivity contribution < 1.29 is 0 Å². The van der Waals surface area contributed by atoms with Crippen LogP contribution in [0.25, 0.3) is 0 Å². The molecule has 0 heterocycles. The van der Waals surface area contributed by atoms with Crippen molar-refractivity contribution in [1.82, 2.24) is 5.32 Å². The van der Waals surface area contributed by atoms with Gasteiger partial charge in [0.1, 0.15) is 0 Å². The SMILES string of the molecule is CCCNC(Cc1cccc(C)c1)C1CCCCC1CC. The predicted octanol–water partition coefficient (Wildman–Crippen LogP) is 5.12. The van der Waals surface area contributed by atoms with E-state index in [4.69, 9.17) is 0 Å². The standard InChI is InChI=1S/C20H33N/c1-4-13-21-20(15-17-10-8-9-16(3)14-17)19-12-7-6-11-18(19)5-2/h8-10,14,18-21H,4-7,11-13,15H2,1-3H3. The second-order valence-electron chi connectivity index (χ2n) is 6.87. The van der Waals surface area contributed by atoms with E-state index in [1.165, 1.54) is 56.1 Å². The van der Waals surface area contributed by atoms with Crippen LogP contribution in [-0.2, 0) is 6.42 Å². The summed E-state index contributed by atoms with van der Waals surface area (Å²) in [4.78, 5) is 0. The van der Waals surface area contributed by atoms with Gasteiger partial charge in [-0.15, -0.1) is 0 Å². The van der Waals surface area contributed by atoms with Crippen LogP contribution in [0.15, 0.2) is 24.3 Å². The smallest absolute Gasteiger partial charge is 0.0138 e. The molecule has 1 aromatic carbocycles. The Kier molecular flexibility index (Phi) is 6.76. The lowest BCUT2D eigenvalue weighted by Crippen LogP contribution is -2.43. The van der Waals surface area contributed by atoms with Crippen molar-refractivity contribution in [2.45, 2.75) is 71.8 Å². The fourth-order valence-electron chi connectivity index (χ4n) is 4.07. The summed E-state index contributed by atoms with van der Waals surface area (Å²) in [6.45, 7) is 8.01. The Hall–Kier alpha value is -0.820. The van der Waals surface area contributed by atoms with Gasteiger partial charge < -0.3 is 5.32 Å². The van der Waals surface area contributed by atoms with Gasteiger partial charge in [-0.1, -0.05) is 69.4 Å². The van der Waals surface area contributed by atoms with Gasteiger partial charge in [0.05, 0.1) is 0 Å². The van der Waals surface area contributed by atoms with E-state index >= 15 is 0 Å². The third-order valence-corrected chi connectivity index (χ3v) is 5.20. The number of aryl methyl sites for hydroxylation is 1. The zero-order chi connectivity index (χ0) is 15.1. The summed E-state index contributed by atoms with van der Waals surface area (Å²) in [7, 11) is 0. The third-order valence-electron chi connectivity index (χ3n) is 5.20. The topological polar surface area (TPSA) is 12.0 Å². The molecule has 0 bridgehead atoms. The molecule has 1 saturated carbocycles. The summed E-state index contributed by atoms with van der Waals surface area (Å²) in [5.41, 5.74) is 2.89. The molecular weight excluding hydrogens is 254 g/mol. The second kappa shape index (κ2) is 8.58. The Morgan fingerprint density at radius 3 is 2.71 bits per heavy atom. The largest absolute Gasteiger partial charge is 0.313 e. The van der Waals surface area contributed by atoms with E-state index in [-0.39, 0.29) is 0 Å². The lowest BCUT2D eigenvalue weighted by Gasteiger charge is -2.37. The number of benzene rings is 1. The molecule has 0 aromatic heterocycles. The molecule has 1 fully saturated rings. The average Bonchev–Trinajstić information content (AvgIpc) is 2.51. The summed E-state index contributed by atoms with van der Waals surface area (Å²) < 4.78 is 0. The van der Waals surface area contributed by atoms with E-state index in [1.54, 1.807) is 0 Å². The normalized spacial score (nSPS) is 24.0. The Morgan fingerprint density at radius 2 is 2.00 bits per heavy atom. The van der Waals surface area contributed by atoms with Crippen LogP contribution in [0.2, 0.25) is 0 Å². The van der Waals surface area contributed by atoms with Gasteiger partial charge in [-0.05, 0) is 50.1 Å². The molecule has 0 saturated heterocycles. The van der Waals surface area contributed by atoms with Gasteiger partial charge >= 0.3 is 0 Å². The van der Waals surface area contributed by atoms with Gasteiger partial charge in [-0.2, -0.15) is 0 Å². The molecule has 2 rings (SSSR count). The van der Waals surface area contributed by atoms with E-state index in [2.05, 4.69) is 50.4 Å². The highest BCUT2D eigenvalue weighted by Gasteiger charge is 2.30. The zero-order valence-corrected chi connectivity index (χ0v) is 14.2. The molecule has 1 heteroatoms. The molecule has 1 N–H and O–H groups in total. The van der Waals surface area contributed by atoms with Crippen LogP contribution in [0.1, 0.15) is 63.5 Å². The van der Waals surface area contributed by atoms with Crippen molar-refractivity contribution in [1.29, 1.82) is 0 Å². The van der Waals surface area contributed by atoms with Crippen LogP contribution < -0.4 is 5.32 Å². The van der Waals surface area contributed by atoms with E-state index in [0.717, 1.165) is 18.4 Å². The summed E-state index contributed by atoms with van der Waals surface area (Å²) in [5, 5.41) is 3.87. The minimum atomic E-state index is 0.664. The minimum Gasteiger partial charge on any atom is -0.313 e. The predicted molar refractivity (Wildman–Crippen MR) is 92.7 cm³/mol. The molecule has 0 amide bonds. The van der Waals surface area contributed by atoms with Crippen LogP contribution in [0, 0.1) is 18.8 Å².